The molecule has 0 atom stereocenters. The lowest BCUT2D eigenvalue weighted by molar-refractivity contribution is -0.117. The molecule has 0 unspecified atom stereocenters. The molecule has 0 aliphatic carbocycles. The zero-order valence-electron chi connectivity index (χ0n) is 10.4. The van der Waals surface area contributed by atoms with Gasteiger partial charge in [-0.2, -0.15) is 0 Å². The number of ether oxygens (including phenoxy) is 1. The lowest BCUT2D eigenvalue weighted by Gasteiger charge is -2.08. The second kappa shape index (κ2) is 5.71. The van der Waals surface area contributed by atoms with Crippen LogP contribution < -0.4 is 10.5 Å². The van der Waals surface area contributed by atoms with E-state index in [0.717, 1.165) is 16.7 Å². The molecular formula is C14H13ClN2O2. The molecule has 2 rings (SSSR count). The summed E-state index contributed by atoms with van der Waals surface area (Å²) >= 11 is 5.94. The lowest BCUT2D eigenvalue weighted by atomic mass is 10.0. The van der Waals surface area contributed by atoms with Gasteiger partial charge in [-0.05, 0) is 17.2 Å². The maximum atomic E-state index is 10.8. The predicted octanol–water partition coefficient (Wildman–Crippen LogP) is 2.44. The topological polar surface area (TPSA) is 65.2 Å². The lowest BCUT2D eigenvalue weighted by Crippen LogP contribution is -2.13. The second-order valence-electron chi connectivity index (χ2n) is 4.05. The minimum atomic E-state index is -0.352. The van der Waals surface area contributed by atoms with Gasteiger partial charge in [0.25, 0.3) is 0 Å². The van der Waals surface area contributed by atoms with Gasteiger partial charge in [-0.3, -0.25) is 4.79 Å². The highest BCUT2D eigenvalue weighted by atomic mass is 35.5. The quantitative estimate of drug-likeness (QED) is 0.933. The SMILES string of the molecule is COc1ncc(Cl)cc1-c1ccc(CC(N)=O)cc1. The van der Waals surface area contributed by atoms with Crippen LogP contribution in [0.5, 0.6) is 5.88 Å². The van der Waals surface area contributed by atoms with E-state index >= 15 is 0 Å². The van der Waals surface area contributed by atoms with Crippen LogP contribution in [0, 0.1) is 0 Å². The van der Waals surface area contributed by atoms with Crippen molar-refractivity contribution in [2.24, 2.45) is 5.73 Å². The third-order valence-electron chi connectivity index (χ3n) is 2.65. The first-order valence-electron chi connectivity index (χ1n) is 5.67. The Morgan fingerprint density at radius 3 is 2.63 bits per heavy atom. The Morgan fingerprint density at radius 2 is 2.05 bits per heavy atom. The van der Waals surface area contributed by atoms with Gasteiger partial charge in [0.15, 0.2) is 0 Å². The normalized spacial score (nSPS) is 10.2. The van der Waals surface area contributed by atoms with E-state index in [0.29, 0.717) is 10.9 Å². The first-order chi connectivity index (χ1) is 9.10. The van der Waals surface area contributed by atoms with Gasteiger partial charge in [0.1, 0.15) is 0 Å². The monoisotopic (exact) mass is 276 g/mol. The molecule has 1 amide bonds. The van der Waals surface area contributed by atoms with Crippen LogP contribution in [-0.2, 0) is 11.2 Å². The fraction of sp³-hybridized carbons (Fsp3) is 0.143. The molecule has 1 aromatic heterocycles. The Kier molecular flexibility index (Phi) is 4.02. The van der Waals surface area contributed by atoms with Crippen molar-refractivity contribution in [1.29, 1.82) is 0 Å². The molecule has 0 aliphatic heterocycles. The molecular weight excluding hydrogens is 264 g/mol. The molecule has 0 saturated carbocycles. The minimum absolute atomic E-state index is 0.227. The highest BCUT2D eigenvalue weighted by Crippen LogP contribution is 2.30. The van der Waals surface area contributed by atoms with E-state index in [9.17, 15) is 4.79 Å². The average Bonchev–Trinajstić information content (AvgIpc) is 2.39. The van der Waals surface area contributed by atoms with E-state index in [4.69, 9.17) is 22.1 Å². The Morgan fingerprint density at radius 1 is 1.37 bits per heavy atom. The van der Waals surface area contributed by atoms with Gasteiger partial charge >= 0.3 is 0 Å². The van der Waals surface area contributed by atoms with Gasteiger partial charge < -0.3 is 10.5 Å². The van der Waals surface area contributed by atoms with E-state index in [1.165, 1.54) is 6.20 Å². The zero-order chi connectivity index (χ0) is 13.8. The fourth-order valence-electron chi connectivity index (χ4n) is 1.80. The Labute approximate surface area is 116 Å². The summed E-state index contributed by atoms with van der Waals surface area (Å²) in [5.74, 6) is 0.154. The summed E-state index contributed by atoms with van der Waals surface area (Å²) in [6.45, 7) is 0. The van der Waals surface area contributed by atoms with Crippen LogP contribution in [0.15, 0.2) is 36.5 Å². The summed E-state index contributed by atoms with van der Waals surface area (Å²) in [7, 11) is 1.56. The van der Waals surface area contributed by atoms with Crippen molar-refractivity contribution in [2.45, 2.75) is 6.42 Å². The molecule has 19 heavy (non-hydrogen) atoms. The average molecular weight is 277 g/mol. The molecule has 0 saturated heterocycles. The number of rotatable bonds is 4. The number of carbonyl (C=O) groups excluding carboxylic acids is 1. The number of aromatic nitrogens is 1. The molecule has 2 aromatic rings. The summed E-state index contributed by atoms with van der Waals surface area (Å²) < 4.78 is 5.21. The van der Waals surface area contributed by atoms with Crippen molar-refractivity contribution < 1.29 is 9.53 Å². The Bertz CT molecular complexity index is 597. The molecule has 1 heterocycles. The predicted molar refractivity (Wildman–Crippen MR) is 74.1 cm³/mol. The number of benzene rings is 1. The molecule has 2 N–H and O–H groups in total. The number of primary amides is 1. The third kappa shape index (κ3) is 3.23. The number of hydrogen-bond acceptors (Lipinski definition) is 3. The van der Waals surface area contributed by atoms with Gasteiger partial charge in [-0.15, -0.1) is 0 Å². The van der Waals surface area contributed by atoms with Crippen LogP contribution in [0.1, 0.15) is 5.56 Å². The molecule has 1 aromatic carbocycles. The van der Waals surface area contributed by atoms with E-state index in [-0.39, 0.29) is 12.3 Å². The van der Waals surface area contributed by atoms with E-state index in [1.54, 1.807) is 13.2 Å². The minimum Gasteiger partial charge on any atom is -0.481 e. The van der Waals surface area contributed by atoms with E-state index < -0.39 is 0 Å². The number of nitrogens with zero attached hydrogens (tertiary/aromatic N) is 1. The summed E-state index contributed by atoms with van der Waals surface area (Å²) in [6, 6.07) is 9.25. The van der Waals surface area contributed by atoms with Gasteiger partial charge in [-0.1, -0.05) is 35.9 Å². The van der Waals surface area contributed by atoms with Crippen molar-refractivity contribution in [1.82, 2.24) is 4.98 Å². The maximum absolute atomic E-state index is 10.8. The van der Waals surface area contributed by atoms with Crippen LogP contribution in [-0.4, -0.2) is 18.0 Å². The fourth-order valence-corrected chi connectivity index (χ4v) is 1.96. The van der Waals surface area contributed by atoms with E-state index in [1.807, 2.05) is 24.3 Å². The number of nitrogens with two attached hydrogens (primary N) is 1. The Hall–Kier alpha value is -2.07. The standard InChI is InChI=1S/C14H13ClN2O2/c1-19-14-12(7-11(15)8-17-14)10-4-2-9(3-5-10)6-13(16)18/h2-5,7-8H,6H2,1H3,(H2,16,18). The molecule has 0 radical (unpaired) electrons. The summed E-state index contributed by atoms with van der Waals surface area (Å²) in [6.07, 6.45) is 1.76. The molecule has 0 fully saturated rings. The summed E-state index contributed by atoms with van der Waals surface area (Å²) in [5, 5.41) is 0.539. The van der Waals surface area contributed by atoms with Crippen molar-refractivity contribution in [2.75, 3.05) is 7.11 Å². The number of carbonyl (C=O) groups is 1. The number of methoxy groups -OCH3 is 1. The van der Waals surface area contributed by atoms with Crippen molar-refractivity contribution in [3.8, 4) is 17.0 Å². The summed E-state index contributed by atoms with van der Waals surface area (Å²) in [5.41, 5.74) is 7.74. The van der Waals surface area contributed by atoms with Crippen molar-refractivity contribution in [3.05, 3.63) is 47.1 Å². The zero-order valence-corrected chi connectivity index (χ0v) is 11.1. The number of amides is 1. The van der Waals surface area contributed by atoms with Gasteiger partial charge in [0.2, 0.25) is 11.8 Å². The second-order valence-corrected chi connectivity index (χ2v) is 4.49. The highest BCUT2D eigenvalue weighted by molar-refractivity contribution is 6.30. The maximum Gasteiger partial charge on any atom is 0.221 e. The third-order valence-corrected chi connectivity index (χ3v) is 2.86. The molecule has 98 valence electrons. The van der Waals surface area contributed by atoms with Crippen LogP contribution in [0.3, 0.4) is 0 Å². The first-order valence-corrected chi connectivity index (χ1v) is 6.05. The number of pyridine rings is 1. The van der Waals surface area contributed by atoms with Crippen LogP contribution in [0.4, 0.5) is 0 Å². The molecule has 0 aliphatic rings. The molecule has 0 spiro atoms. The van der Waals surface area contributed by atoms with Gasteiger partial charge in [0.05, 0.1) is 18.6 Å². The molecule has 0 bridgehead atoms. The van der Waals surface area contributed by atoms with Crippen LogP contribution in [0.25, 0.3) is 11.1 Å². The van der Waals surface area contributed by atoms with Crippen LogP contribution in [0.2, 0.25) is 5.02 Å². The number of hydrogen-bond donors (Lipinski definition) is 1. The first kappa shape index (κ1) is 13.4. The summed E-state index contributed by atoms with van der Waals surface area (Å²) in [4.78, 5) is 15.0. The van der Waals surface area contributed by atoms with Crippen molar-refractivity contribution >= 4 is 17.5 Å². The molecule has 5 heteroatoms. The number of halogens is 1. The van der Waals surface area contributed by atoms with E-state index in [2.05, 4.69) is 4.98 Å². The largest absolute Gasteiger partial charge is 0.481 e. The highest BCUT2D eigenvalue weighted by Gasteiger charge is 2.08. The van der Waals surface area contributed by atoms with Gasteiger partial charge in [-0.25, -0.2) is 4.98 Å². The van der Waals surface area contributed by atoms with Crippen molar-refractivity contribution in [3.63, 3.8) is 0 Å². The molecule has 4 nitrogen and oxygen atoms in total. The van der Waals surface area contributed by atoms with Gasteiger partial charge in [0, 0.05) is 11.8 Å². The Balaban J connectivity index is 2.36. The smallest absolute Gasteiger partial charge is 0.221 e. The van der Waals surface area contributed by atoms with Crippen LogP contribution >= 0.6 is 11.6 Å².